The average molecular weight is 343 g/mol. The molecular weight excluding hydrogens is 330 g/mol. The Hall–Kier alpha value is -2.22. The maximum atomic E-state index is 13.0. The molecule has 8 heteroatoms. The summed E-state index contributed by atoms with van der Waals surface area (Å²) in [5, 5.41) is 5.22. The molecule has 1 heterocycles. The Morgan fingerprint density at radius 3 is 2.65 bits per heavy atom. The predicted octanol–water partition coefficient (Wildman–Crippen LogP) is 3.77. The second kappa shape index (κ2) is 7.36. The van der Waals surface area contributed by atoms with E-state index in [0.717, 1.165) is 11.6 Å². The molecule has 0 atom stereocenters. The first-order chi connectivity index (χ1) is 10.9. The monoisotopic (exact) mass is 343 g/mol. The zero-order chi connectivity index (χ0) is 16.9. The van der Waals surface area contributed by atoms with Crippen LogP contribution >= 0.6 is 12.2 Å². The van der Waals surface area contributed by atoms with Crippen LogP contribution in [-0.2, 0) is 12.6 Å². The van der Waals surface area contributed by atoms with Gasteiger partial charge in [-0.1, -0.05) is 12.1 Å². The molecule has 0 aliphatic carbocycles. The zero-order valence-electron chi connectivity index (χ0n) is 11.8. The van der Waals surface area contributed by atoms with Crippen molar-refractivity contribution in [1.82, 2.24) is 10.3 Å². The first kappa shape index (κ1) is 17.1. The fourth-order valence-corrected chi connectivity index (χ4v) is 2.10. The Balaban J connectivity index is 1.91. The summed E-state index contributed by atoms with van der Waals surface area (Å²) in [6, 6.07) is 8.19. The highest BCUT2D eigenvalue weighted by molar-refractivity contribution is 7.80. The Morgan fingerprint density at radius 1 is 1.17 bits per heavy atom. The van der Waals surface area contributed by atoms with Crippen LogP contribution < -0.4 is 10.6 Å². The van der Waals surface area contributed by atoms with E-state index in [1.54, 1.807) is 12.1 Å². The van der Waals surface area contributed by atoms with Crippen LogP contribution in [0, 0.1) is 5.82 Å². The van der Waals surface area contributed by atoms with Gasteiger partial charge in [0.2, 0.25) is 0 Å². The van der Waals surface area contributed by atoms with Gasteiger partial charge in [0.15, 0.2) is 5.11 Å². The summed E-state index contributed by atoms with van der Waals surface area (Å²) in [5.41, 5.74) is -0.136. The third kappa shape index (κ3) is 5.17. The molecule has 0 fully saturated rings. The Bertz CT molecular complexity index is 688. The van der Waals surface area contributed by atoms with E-state index in [9.17, 15) is 17.6 Å². The van der Waals surface area contributed by atoms with E-state index < -0.39 is 11.7 Å². The van der Waals surface area contributed by atoms with E-state index in [-0.39, 0.29) is 16.7 Å². The van der Waals surface area contributed by atoms with Crippen molar-refractivity contribution in [2.24, 2.45) is 0 Å². The van der Waals surface area contributed by atoms with Gasteiger partial charge >= 0.3 is 6.18 Å². The van der Waals surface area contributed by atoms with Crippen LogP contribution in [0.25, 0.3) is 0 Å². The van der Waals surface area contributed by atoms with Crippen LogP contribution in [0.5, 0.6) is 0 Å². The quantitative estimate of drug-likeness (QED) is 0.655. The summed E-state index contributed by atoms with van der Waals surface area (Å²) >= 11 is 4.96. The second-order valence-electron chi connectivity index (χ2n) is 4.66. The fourth-order valence-electron chi connectivity index (χ4n) is 1.90. The van der Waals surface area contributed by atoms with Crippen molar-refractivity contribution < 1.29 is 17.6 Å². The minimum absolute atomic E-state index is 0.0191. The third-order valence-corrected chi connectivity index (χ3v) is 3.18. The van der Waals surface area contributed by atoms with Crippen LogP contribution in [0.4, 0.5) is 23.4 Å². The number of benzene rings is 1. The molecule has 0 aliphatic rings. The number of pyridine rings is 1. The molecule has 2 N–H and O–H groups in total. The Morgan fingerprint density at radius 2 is 1.96 bits per heavy atom. The molecule has 2 rings (SSSR count). The highest BCUT2D eigenvalue weighted by Crippen LogP contribution is 2.33. The molecule has 0 saturated carbocycles. The lowest BCUT2D eigenvalue weighted by Gasteiger charge is -2.14. The lowest BCUT2D eigenvalue weighted by atomic mass is 10.1. The van der Waals surface area contributed by atoms with Crippen LogP contribution in [0.15, 0.2) is 42.6 Å². The normalized spacial score (nSPS) is 11.1. The maximum Gasteiger partial charge on any atom is 0.419 e. The molecule has 122 valence electrons. The first-order valence-electron chi connectivity index (χ1n) is 6.68. The van der Waals surface area contributed by atoms with Crippen molar-refractivity contribution in [1.29, 1.82) is 0 Å². The topological polar surface area (TPSA) is 37.0 Å². The van der Waals surface area contributed by atoms with Crippen LogP contribution in [0.1, 0.15) is 11.1 Å². The number of thiocarbonyl (C=S) groups is 1. The summed E-state index contributed by atoms with van der Waals surface area (Å²) in [4.78, 5) is 3.65. The number of anilines is 1. The number of hydrogen-bond donors (Lipinski definition) is 2. The van der Waals surface area contributed by atoms with E-state index in [0.29, 0.717) is 13.0 Å². The molecule has 1 aromatic carbocycles. The van der Waals surface area contributed by atoms with Crippen molar-refractivity contribution in [3.63, 3.8) is 0 Å². The lowest BCUT2D eigenvalue weighted by molar-refractivity contribution is -0.137. The minimum Gasteiger partial charge on any atom is -0.362 e. The minimum atomic E-state index is -4.52. The lowest BCUT2D eigenvalue weighted by Crippen LogP contribution is -2.31. The summed E-state index contributed by atoms with van der Waals surface area (Å²) < 4.78 is 51.5. The predicted molar refractivity (Wildman–Crippen MR) is 83.6 cm³/mol. The van der Waals surface area contributed by atoms with Gasteiger partial charge in [0.05, 0.1) is 5.56 Å². The number of nitrogens with one attached hydrogen (secondary N) is 2. The molecular formula is C15H13F4N3S. The van der Waals surface area contributed by atoms with Crippen molar-refractivity contribution in [2.45, 2.75) is 12.6 Å². The van der Waals surface area contributed by atoms with Gasteiger partial charge in [-0.15, -0.1) is 0 Å². The Kier molecular flexibility index (Phi) is 5.49. The van der Waals surface area contributed by atoms with E-state index in [4.69, 9.17) is 12.2 Å². The number of rotatable bonds is 4. The molecule has 2 aromatic rings. The van der Waals surface area contributed by atoms with Gasteiger partial charge in [-0.25, -0.2) is 9.37 Å². The van der Waals surface area contributed by atoms with E-state index >= 15 is 0 Å². The summed E-state index contributed by atoms with van der Waals surface area (Å²) in [5.74, 6) is -0.699. The number of alkyl halides is 3. The van der Waals surface area contributed by atoms with Crippen LogP contribution in [0.2, 0.25) is 0 Å². The number of hydrogen-bond acceptors (Lipinski definition) is 2. The second-order valence-corrected chi connectivity index (χ2v) is 5.07. The van der Waals surface area contributed by atoms with Gasteiger partial charge in [0.1, 0.15) is 11.6 Å². The van der Waals surface area contributed by atoms with E-state index in [2.05, 4.69) is 15.6 Å². The zero-order valence-corrected chi connectivity index (χ0v) is 12.6. The van der Waals surface area contributed by atoms with Crippen LogP contribution in [0.3, 0.4) is 0 Å². The molecule has 23 heavy (non-hydrogen) atoms. The summed E-state index contributed by atoms with van der Waals surface area (Å²) in [7, 11) is 0. The van der Waals surface area contributed by atoms with Gasteiger partial charge in [-0.05, 0) is 48.5 Å². The molecule has 0 unspecified atom stereocenters. The Labute approximate surface area is 135 Å². The highest BCUT2D eigenvalue weighted by atomic mass is 32.1. The van der Waals surface area contributed by atoms with Gasteiger partial charge in [0, 0.05) is 12.7 Å². The highest BCUT2D eigenvalue weighted by Gasteiger charge is 2.34. The number of nitrogens with zero attached hydrogens (tertiary/aromatic N) is 1. The molecule has 0 spiro atoms. The number of aromatic nitrogens is 1. The van der Waals surface area contributed by atoms with Crippen molar-refractivity contribution in [3.05, 3.63) is 59.5 Å². The summed E-state index contributed by atoms with van der Waals surface area (Å²) in [6.45, 7) is 0.351. The van der Waals surface area contributed by atoms with Gasteiger partial charge in [-0.3, -0.25) is 0 Å². The standard InChI is InChI=1S/C15H13F4N3S/c16-11-4-1-3-10(9-11)6-8-21-14(23)22-13-12(15(17,18)19)5-2-7-20-13/h1-5,7,9H,6,8H2,(H2,20,21,22,23). The van der Waals surface area contributed by atoms with E-state index in [1.807, 2.05) is 0 Å². The van der Waals surface area contributed by atoms with Crippen molar-refractivity contribution in [3.8, 4) is 0 Å². The molecule has 0 bridgehead atoms. The van der Waals surface area contributed by atoms with Gasteiger partial charge < -0.3 is 10.6 Å². The first-order valence-corrected chi connectivity index (χ1v) is 7.08. The SMILES string of the molecule is Fc1cccc(CCNC(=S)Nc2ncccc2C(F)(F)F)c1. The fraction of sp³-hybridized carbons (Fsp3) is 0.200. The smallest absolute Gasteiger partial charge is 0.362 e. The number of halogens is 4. The molecule has 3 nitrogen and oxygen atoms in total. The molecule has 0 aliphatic heterocycles. The van der Waals surface area contributed by atoms with Gasteiger partial charge in [0.25, 0.3) is 0 Å². The van der Waals surface area contributed by atoms with Crippen molar-refractivity contribution in [2.75, 3.05) is 11.9 Å². The largest absolute Gasteiger partial charge is 0.419 e. The molecule has 0 radical (unpaired) electrons. The third-order valence-electron chi connectivity index (χ3n) is 2.93. The van der Waals surface area contributed by atoms with Crippen LogP contribution in [-0.4, -0.2) is 16.6 Å². The van der Waals surface area contributed by atoms with Crippen molar-refractivity contribution >= 4 is 23.1 Å². The van der Waals surface area contributed by atoms with E-state index in [1.165, 1.54) is 24.4 Å². The average Bonchev–Trinajstić information content (AvgIpc) is 2.47. The maximum absolute atomic E-state index is 13.0. The van der Waals surface area contributed by atoms with Gasteiger partial charge in [-0.2, -0.15) is 13.2 Å². The molecule has 0 amide bonds. The molecule has 0 saturated heterocycles. The summed E-state index contributed by atoms with van der Waals surface area (Å²) in [6.07, 6.45) is -2.80. The molecule has 1 aromatic heterocycles.